The van der Waals surface area contributed by atoms with Crippen LogP contribution in [-0.4, -0.2) is 4.57 Å². The van der Waals surface area contributed by atoms with E-state index in [1.54, 1.807) is 0 Å². The molecule has 0 aliphatic rings. The molecule has 0 bridgehead atoms. The van der Waals surface area contributed by atoms with Crippen LogP contribution in [0.2, 0.25) is 0 Å². The van der Waals surface area contributed by atoms with E-state index in [9.17, 15) is 0 Å². The smallest absolute Gasteiger partial charge is 0.237 e. The molecule has 17 heavy (non-hydrogen) atoms. The standard InChI is InChI=1S/C15H21N2/c1-3-4-10-17-12-11-16(2)15(17)13-14-8-6-5-7-9-14/h5-9,11-12H,3-4,10,13H2,1-2H3/q+1. The van der Waals surface area contributed by atoms with Crippen molar-refractivity contribution in [2.45, 2.75) is 32.7 Å². The lowest BCUT2D eigenvalue weighted by molar-refractivity contribution is -0.678. The molecule has 0 fully saturated rings. The first-order valence-corrected chi connectivity index (χ1v) is 6.39. The summed E-state index contributed by atoms with van der Waals surface area (Å²) in [6.07, 6.45) is 7.83. The Bertz CT molecular complexity index is 457. The zero-order chi connectivity index (χ0) is 12.1. The van der Waals surface area contributed by atoms with Gasteiger partial charge in [0, 0.05) is 0 Å². The molecule has 0 saturated carbocycles. The summed E-state index contributed by atoms with van der Waals surface area (Å²) >= 11 is 0. The molecule has 0 N–H and O–H groups in total. The second-order valence-corrected chi connectivity index (χ2v) is 4.53. The minimum absolute atomic E-state index is 1.01. The summed E-state index contributed by atoms with van der Waals surface area (Å²) in [5.74, 6) is 1.38. The molecule has 0 aliphatic heterocycles. The van der Waals surface area contributed by atoms with Crippen LogP contribution in [0.1, 0.15) is 31.2 Å². The van der Waals surface area contributed by atoms with Gasteiger partial charge in [-0.1, -0.05) is 43.7 Å². The second kappa shape index (κ2) is 5.67. The number of hydrogen-bond donors (Lipinski definition) is 0. The number of hydrogen-bond acceptors (Lipinski definition) is 0. The molecular formula is C15H21N2+. The summed E-state index contributed by atoms with van der Waals surface area (Å²) in [4.78, 5) is 0. The second-order valence-electron chi connectivity index (χ2n) is 4.53. The number of aromatic nitrogens is 2. The highest BCUT2D eigenvalue weighted by atomic mass is 15.1. The summed E-state index contributed by atoms with van der Waals surface area (Å²) in [6, 6.07) is 10.7. The monoisotopic (exact) mass is 229 g/mol. The number of aryl methyl sites for hydroxylation is 2. The van der Waals surface area contributed by atoms with Gasteiger partial charge in [0.25, 0.3) is 5.82 Å². The Balaban J connectivity index is 2.17. The molecule has 2 rings (SSSR count). The molecule has 0 saturated heterocycles. The van der Waals surface area contributed by atoms with Crippen molar-refractivity contribution < 1.29 is 4.57 Å². The molecule has 2 heteroatoms. The Morgan fingerprint density at radius 2 is 1.94 bits per heavy atom. The Morgan fingerprint density at radius 1 is 1.18 bits per heavy atom. The van der Waals surface area contributed by atoms with Crippen molar-refractivity contribution in [3.63, 3.8) is 0 Å². The van der Waals surface area contributed by atoms with Gasteiger partial charge in [0.15, 0.2) is 0 Å². The third-order valence-corrected chi connectivity index (χ3v) is 3.17. The van der Waals surface area contributed by atoms with Crippen LogP contribution in [0, 0.1) is 0 Å². The maximum Gasteiger partial charge on any atom is 0.260 e. The summed E-state index contributed by atoms with van der Waals surface area (Å²) < 4.78 is 4.60. The molecule has 0 amide bonds. The Morgan fingerprint density at radius 3 is 2.65 bits per heavy atom. The lowest BCUT2D eigenvalue weighted by atomic mass is 10.1. The van der Waals surface area contributed by atoms with Crippen LogP contribution in [0.15, 0.2) is 42.7 Å². The fourth-order valence-electron chi connectivity index (χ4n) is 2.09. The fourth-order valence-corrected chi connectivity index (χ4v) is 2.09. The van der Waals surface area contributed by atoms with Gasteiger partial charge in [-0.2, -0.15) is 0 Å². The fraction of sp³-hybridized carbons (Fsp3) is 0.400. The van der Waals surface area contributed by atoms with Gasteiger partial charge >= 0.3 is 0 Å². The van der Waals surface area contributed by atoms with Gasteiger partial charge in [0.2, 0.25) is 0 Å². The van der Waals surface area contributed by atoms with Crippen molar-refractivity contribution in [3.8, 4) is 0 Å². The molecular weight excluding hydrogens is 208 g/mol. The van der Waals surface area contributed by atoms with Gasteiger partial charge < -0.3 is 0 Å². The predicted octanol–water partition coefficient (Wildman–Crippen LogP) is 2.70. The van der Waals surface area contributed by atoms with Crippen LogP contribution < -0.4 is 4.57 Å². The van der Waals surface area contributed by atoms with Crippen molar-refractivity contribution >= 4 is 0 Å². The van der Waals surface area contributed by atoms with Gasteiger partial charge in [0.1, 0.15) is 12.4 Å². The van der Waals surface area contributed by atoms with E-state index in [1.807, 2.05) is 0 Å². The van der Waals surface area contributed by atoms with E-state index in [-0.39, 0.29) is 0 Å². The van der Waals surface area contributed by atoms with Crippen LogP contribution in [0.25, 0.3) is 0 Å². The van der Waals surface area contributed by atoms with Gasteiger partial charge in [0.05, 0.1) is 20.0 Å². The Labute approximate surface area is 104 Å². The SMILES string of the molecule is CCCCn1cc[n+](C)c1Cc1ccccc1. The molecule has 1 heterocycles. The van der Waals surface area contributed by atoms with E-state index < -0.39 is 0 Å². The molecule has 2 aromatic rings. The van der Waals surface area contributed by atoms with Crippen molar-refractivity contribution in [2.75, 3.05) is 0 Å². The highest BCUT2D eigenvalue weighted by molar-refractivity contribution is 5.18. The number of imidazole rings is 1. The normalized spacial score (nSPS) is 10.7. The minimum Gasteiger partial charge on any atom is -0.237 e. The largest absolute Gasteiger partial charge is 0.260 e. The van der Waals surface area contributed by atoms with E-state index in [4.69, 9.17) is 0 Å². The van der Waals surface area contributed by atoms with Crippen LogP contribution >= 0.6 is 0 Å². The average molecular weight is 229 g/mol. The van der Waals surface area contributed by atoms with Gasteiger partial charge in [-0.05, 0) is 12.0 Å². The number of benzene rings is 1. The average Bonchev–Trinajstić information content (AvgIpc) is 2.70. The van der Waals surface area contributed by atoms with Crippen molar-refractivity contribution in [3.05, 3.63) is 54.1 Å². The lowest BCUT2D eigenvalue weighted by Crippen LogP contribution is -2.32. The topological polar surface area (TPSA) is 8.81 Å². The summed E-state index contributed by atoms with van der Waals surface area (Å²) in [5, 5.41) is 0. The quantitative estimate of drug-likeness (QED) is 0.697. The number of nitrogens with zero attached hydrogens (tertiary/aromatic N) is 2. The van der Waals surface area contributed by atoms with E-state index in [1.165, 1.54) is 24.2 Å². The first-order chi connectivity index (χ1) is 8.31. The molecule has 0 aliphatic carbocycles. The predicted molar refractivity (Wildman–Crippen MR) is 69.8 cm³/mol. The zero-order valence-corrected chi connectivity index (χ0v) is 10.8. The van der Waals surface area contributed by atoms with Gasteiger partial charge in [-0.25, -0.2) is 9.13 Å². The molecule has 0 spiro atoms. The first-order valence-electron chi connectivity index (χ1n) is 6.39. The maximum atomic E-state index is 2.37. The third kappa shape index (κ3) is 2.96. The van der Waals surface area contributed by atoms with E-state index in [0.717, 1.165) is 13.0 Å². The van der Waals surface area contributed by atoms with E-state index >= 15 is 0 Å². The molecule has 0 unspecified atom stereocenters. The lowest BCUT2D eigenvalue weighted by Gasteiger charge is -2.02. The van der Waals surface area contributed by atoms with Gasteiger partial charge in [-0.3, -0.25) is 0 Å². The van der Waals surface area contributed by atoms with Crippen LogP contribution in [0.4, 0.5) is 0 Å². The number of unbranched alkanes of at least 4 members (excludes halogenated alkanes) is 1. The van der Waals surface area contributed by atoms with Crippen molar-refractivity contribution in [2.24, 2.45) is 7.05 Å². The highest BCUT2D eigenvalue weighted by Gasteiger charge is 2.14. The first kappa shape index (κ1) is 11.9. The molecule has 1 aromatic heterocycles. The molecule has 1 aromatic carbocycles. The summed E-state index contributed by atoms with van der Waals surface area (Å²) in [5.41, 5.74) is 1.37. The van der Waals surface area contributed by atoms with E-state index in [2.05, 4.69) is 65.8 Å². The number of rotatable bonds is 5. The zero-order valence-electron chi connectivity index (χ0n) is 10.8. The van der Waals surface area contributed by atoms with Crippen molar-refractivity contribution in [1.29, 1.82) is 0 Å². The Kier molecular flexibility index (Phi) is 3.97. The van der Waals surface area contributed by atoms with Gasteiger partial charge in [-0.15, -0.1) is 0 Å². The summed E-state index contributed by atoms with van der Waals surface area (Å²) in [6.45, 7) is 3.36. The van der Waals surface area contributed by atoms with Crippen LogP contribution in [0.3, 0.4) is 0 Å². The van der Waals surface area contributed by atoms with Crippen molar-refractivity contribution in [1.82, 2.24) is 4.57 Å². The van der Waals surface area contributed by atoms with Crippen LogP contribution in [-0.2, 0) is 20.0 Å². The molecule has 90 valence electrons. The maximum absolute atomic E-state index is 2.37. The third-order valence-electron chi connectivity index (χ3n) is 3.17. The summed E-state index contributed by atoms with van der Waals surface area (Å²) in [7, 11) is 2.13. The molecule has 2 nitrogen and oxygen atoms in total. The Hall–Kier alpha value is -1.57. The minimum atomic E-state index is 1.01. The highest BCUT2D eigenvalue weighted by Crippen LogP contribution is 2.07. The van der Waals surface area contributed by atoms with E-state index in [0.29, 0.717) is 0 Å². The van der Waals surface area contributed by atoms with Crippen LogP contribution in [0.5, 0.6) is 0 Å². The molecule has 0 atom stereocenters. The molecule has 0 radical (unpaired) electrons.